The average molecular weight is 316 g/mol. The molecule has 7 heteroatoms. The molecule has 2 aliphatic heterocycles. The summed E-state index contributed by atoms with van der Waals surface area (Å²) in [6, 6.07) is 0.658. The second-order valence-electron chi connectivity index (χ2n) is 6.12. The van der Waals surface area contributed by atoms with Crippen molar-refractivity contribution in [3.05, 3.63) is 0 Å². The third kappa shape index (κ3) is 5.14. The number of aliphatic imine (C=N–C) groups is 1. The van der Waals surface area contributed by atoms with Gasteiger partial charge in [0.2, 0.25) is 0 Å². The van der Waals surface area contributed by atoms with Crippen LogP contribution in [0, 0.1) is 0 Å². The fraction of sp³-hybridized carbons (Fsp3) is 0.929. The molecule has 0 amide bonds. The van der Waals surface area contributed by atoms with Gasteiger partial charge in [-0.15, -0.1) is 0 Å². The molecule has 2 heterocycles. The first-order valence-corrected chi connectivity index (χ1v) is 9.74. The quantitative estimate of drug-likeness (QED) is 0.573. The summed E-state index contributed by atoms with van der Waals surface area (Å²) < 4.78 is 22.9. The summed E-state index contributed by atoms with van der Waals surface area (Å²) >= 11 is 0. The first-order chi connectivity index (χ1) is 10.00. The largest absolute Gasteiger partial charge is 0.355 e. The molecule has 0 aromatic carbocycles. The SMILES string of the molecule is CN=C(NCCN1CCCCC1C)NC1CCS(=O)(=O)C1. The molecule has 2 saturated heterocycles. The van der Waals surface area contributed by atoms with E-state index >= 15 is 0 Å². The zero-order valence-electron chi connectivity index (χ0n) is 13.1. The highest BCUT2D eigenvalue weighted by atomic mass is 32.2. The minimum absolute atomic E-state index is 0.00453. The molecule has 2 unspecified atom stereocenters. The lowest BCUT2D eigenvalue weighted by Gasteiger charge is -2.33. The topological polar surface area (TPSA) is 73.8 Å². The van der Waals surface area contributed by atoms with Crippen molar-refractivity contribution in [2.24, 2.45) is 4.99 Å². The maximum atomic E-state index is 11.5. The smallest absolute Gasteiger partial charge is 0.191 e. The number of likely N-dealkylation sites (tertiary alicyclic amines) is 1. The van der Waals surface area contributed by atoms with Gasteiger partial charge < -0.3 is 10.6 Å². The fourth-order valence-electron chi connectivity index (χ4n) is 3.10. The molecule has 2 aliphatic rings. The predicted molar refractivity (Wildman–Crippen MR) is 86.4 cm³/mol. The van der Waals surface area contributed by atoms with Crippen LogP contribution >= 0.6 is 0 Å². The van der Waals surface area contributed by atoms with Crippen LogP contribution in [0.1, 0.15) is 32.6 Å². The molecule has 2 atom stereocenters. The van der Waals surface area contributed by atoms with Gasteiger partial charge in [0.15, 0.2) is 15.8 Å². The predicted octanol–water partition coefficient (Wildman–Crippen LogP) is 0.213. The van der Waals surface area contributed by atoms with Gasteiger partial charge in [0, 0.05) is 32.2 Å². The van der Waals surface area contributed by atoms with Crippen LogP contribution in [0.25, 0.3) is 0 Å². The first kappa shape index (κ1) is 16.5. The van der Waals surface area contributed by atoms with E-state index in [-0.39, 0.29) is 17.5 Å². The molecule has 0 bridgehead atoms. The average Bonchev–Trinajstić information content (AvgIpc) is 2.79. The number of nitrogens with one attached hydrogen (secondary N) is 2. The van der Waals surface area contributed by atoms with E-state index in [1.165, 1.54) is 25.8 Å². The van der Waals surface area contributed by atoms with E-state index in [1.54, 1.807) is 7.05 Å². The number of sulfone groups is 1. The van der Waals surface area contributed by atoms with E-state index in [9.17, 15) is 8.42 Å². The van der Waals surface area contributed by atoms with E-state index in [4.69, 9.17) is 0 Å². The maximum absolute atomic E-state index is 11.5. The molecule has 0 spiro atoms. The summed E-state index contributed by atoms with van der Waals surface area (Å²) in [4.78, 5) is 6.69. The molecular weight excluding hydrogens is 288 g/mol. The van der Waals surface area contributed by atoms with Gasteiger partial charge in [0.25, 0.3) is 0 Å². The number of guanidine groups is 1. The Morgan fingerprint density at radius 1 is 1.33 bits per heavy atom. The van der Waals surface area contributed by atoms with E-state index in [0.29, 0.717) is 18.4 Å². The lowest BCUT2D eigenvalue weighted by molar-refractivity contribution is 0.163. The zero-order chi connectivity index (χ0) is 15.3. The van der Waals surface area contributed by atoms with Crippen LogP contribution in [-0.4, -0.2) is 69.5 Å². The Morgan fingerprint density at radius 3 is 2.76 bits per heavy atom. The summed E-state index contributed by atoms with van der Waals surface area (Å²) in [6.07, 6.45) is 4.58. The Morgan fingerprint density at radius 2 is 2.14 bits per heavy atom. The Labute approximate surface area is 128 Å². The molecule has 0 saturated carbocycles. The number of piperidine rings is 1. The highest BCUT2D eigenvalue weighted by molar-refractivity contribution is 7.91. The summed E-state index contributed by atoms with van der Waals surface area (Å²) in [5.41, 5.74) is 0. The summed E-state index contributed by atoms with van der Waals surface area (Å²) in [6.45, 7) is 5.31. The lowest BCUT2D eigenvalue weighted by atomic mass is 10.0. The molecule has 0 aromatic rings. The van der Waals surface area contributed by atoms with Gasteiger partial charge in [-0.2, -0.15) is 0 Å². The fourth-order valence-corrected chi connectivity index (χ4v) is 4.78. The molecule has 2 N–H and O–H groups in total. The molecule has 0 aromatic heterocycles. The molecule has 0 aliphatic carbocycles. The number of nitrogens with zero attached hydrogens (tertiary/aromatic N) is 2. The third-order valence-electron chi connectivity index (χ3n) is 4.43. The second-order valence-corrected chi connectivity index (χ2v) is 8.35. The number of rotatable bonds is 4. The zero-order valence-corrected chi connectivity index (χ0v) is 14.0. The van der Waals surface area contributed by atoms with E-state index in [1.807, 2.05) is 0 Å². The van der Waals surface area contributed by atoms with Crippen molar-refractivity contribution in [2.45, 2.75) is 44.7 Å². The molecular formula is C14H28N4O2S. The Hall–Kier alpha value is -0.820. The van der Waals surface area contributed by atoms with Crippen molar-refractivity contribution in [2.75, 3.05) is 38.2 Å². The molecule has 21 heavy (non-hydrogen) atoms. The van der Waals surface area contributed by atoms with Gasteiger partial charge in [-0.3, -0.25) is 9.89 Å². The normalized spacial score (nSPS) is 30.3. The third-order valence-corrected chi connectivity index (χ3v) is 6.20. The van der Waals surface area contributed by atoms with Gasteiger partial charge >= 0.3 is 0 Å². The van der Waals surface area contributed by atoms with Crippen LogP contribution in [0.5, 0.6) is 0 Å². The van der Waals surface area contributed by atoms with Crippen molar-refractivity contribution in [3.63, 3.8) is 0 Å². The Balaban J connectivity index is 1.71. The van der Waals surface area contributed by atoms with Crippen molar-refractivity contribution in [1.82, 2.24) is 15.5 Å². The van der Waals surface area contributed by atoms with Crippen molar-refractivity contribution >= 4 is 15.8 Å². The van der Waals surface area contributed by atoms with E-state index < -0.39 is 9.84 Å². The molecule has 6 nitrogen and oxygen atoms in total. The summed E-state index contributed by atoms with van der Waals surface area (Å²) in [5.74, 6) is 1.21. The van der Waals surface area contributed by atoms with Gasteiger partial charge in [-0.25, -0.2) is 8.42 Å². The van der Waals surface area contributed by atoms with Crippen LogP contribution in [0.3, 0.4) is 0 Å². The molecule has 2 fully saturated rings. The molecule has 0 radical (unpaired) electrons. The van der Waals surface area contributed by atoms with E-state index in [0.717, 1.165) is 13.1 Å². The van der Waals surface area contributed by atoms with Gasteiger partial charge in [-0.05, 0) is 32.7 Å². The van der Waals surface area contributed by atoms with Crippen LogP contribution in [0.15, 0.2) is 4.99 Å². The van der Waals surface area contributed by atoms with Gasteiger partial charge in [-0.1, -0.05) is 6.42 Å². The van der Waals surface area contributed by atoms with Crippen LogP contribution in [0.4, 0.5) is 0 Å². The molecule has 122 valence electrons. The Bertz CT molecular complexity index is 464. The monoisotopic (exact) mass is 316 g/mol. The number of hydrogen-bond acceptors (Lipinski definition) is 4. The first-order valence-electron chi connectivity index (χ1n) is 7.92. The second kappa shape index (κ2) is 7.45. The van der Waals surface area contributed by atoms with Crippen LogP contribution < -0.4 is 10.6 Å². The van der Waals surface area contributed by atoms with Crippen molar-refractivity contribution in [1.29, 1.82) is 0 Å². The van der Waals surface area contributed by atoms with Crippen molar-refractivity contribution < 1.29 is 8.42 Å². The van der Waals surface area contributed by atoms with Crippen LogP contribution in [0.2, 0.25) is 0 Å². The van der Waals surface area contributed by atoms with Crippen LogP contribution in [-0.2, 0) is 9.84 Å². The number of hydrogen-bond donors (Lipinski definition) is 2. The van der Waals surface area contributed by atoms with Crippen molar-refractivity contribution in [3.8, 4) is 0 Å². The standard InChI is InChI=1S/C14H28N4O2S/c1-12-5-3-4-8-18(12)9-7-16-14(15-2)17-13-6-10-21(19,20)11-13/h12-13H,3-11H2,1-2H3,(H2,15,16,17). The van der Waals surface area contributed by atoms with Gasteiger partial charge in [0.1, 0.15) is 0 Å². The maximum Gasteiger partial charge on any atom is 0.191 e. The minimum Gasteiger partial charge on any atom is -0.355 e. The lowest BCUT2D eigenvalue weighted by Crippen LogP contribution is -2.47. The summed E-state index contributed by atoms with van der Waals surface area (Å²) in [7, 11) is -1.12. The minimum atomic E-state index is -2.85. The van der Waals surface area contributed by atoms with E-state index in [2.05, 4.69) is 27.4 Å². The Kier molecular flexibility index (Phi) is 5.87. The highest BCUT2D eigenvalue weighted by Gasteiger charge is 2.28. The summed E-state index contributed by atoms with van der Waals surface area (Å²) in [5, 5.41) is 6.51. The molecule has 2 rings (SSSR count). The highest BCUT2D eigenvalue weighted by Crippen LogP contribution is 2.15. The van der Waals surface area contributed by atoms with Gasteiger partial charge in [0.05, 0.1) is 11.5 Å².